The predicted molar refractivity (Wildman–Crippen MR) is 193 cm³/mol. The van der Waals surface area contributed by atoms with Crippen molar-refractivity contribution in [3.8, 4) is 22.3 Å². The molecular weight excluding hydrogens is 567 g/mol. The molecule has 1 heterocycles. The van der Waals surface area contributed by atoms with E-state index in [-0.39, 0.29) is 18.2 Å². The Bertz CT molecular complexity index is 1940. The summed E-state index contributed by atoms with van der Waals surface area (Å²) in [6.07, 6.45) is 4.71. The lowest BCUT2D eigenvalue weighted by Gasteiger charge is -2.36. The molecule has 0 fully saturated rings. The van der Waals surface area contributed by atoms with Crippen molar-refractivity contribution in [1.29, 1.82) is 0 Å². The maximum absolute atomic E-state index is 14.3. The second kappa shape index (κ2) is 12.3. The van der Waals surface area contributed by atoms with Crippen molar-refractivity contribution in [1.82, 2.24) is 4.98 Å². The minimum Gasteiger partial charge on any atom is -0.287 e. The van der Waals surface area contributed by atoms with Crippen LogP contribution in [0.25, 0.3) is 39.2 Å². The van der Waals surface area contributed by atoms with E-state index in [1.165, 1.54) is 50.1 Å². The normalized spacial score (nSPS) is 16.9. The first-order valence-corrected chi connectivity index (χ1v) is 16.6. The Morgan fingerprint density at radius 3 is 1.85 bits per heavy atom. The van der Waals surface area contributed by atoms with Gasteiger partial charge in [-0.3, -0.25) is 13.6 Å². The number of fused-ring (bicyclic) bond motifs is 2. The van der Waals surface area contributed by atoms with Gasteiger partial charge in [-0.25, -0.2) is 0 Å². The van der Waals surface area contributed by atoms with E-state index in [0.29, 0.717) is 0 Å². The summed E-state index contributed by atoms with van der Waals surface area (Å²) in [5.41, 5.74) is 15.7. The summed E-state index contributed by atoms with van der Waals surface area (Å²) < 4.78 is 28.6. The van der Waals surface area contributed by atoms with Gasteiger partial charge in [-0.2, -0.15) is 0 Å². The van der Waals surface area contributed by atoms with Crippen LogP contribution in [0.3, 0.4) is 0 Å². The summed E-state index contributed by atoms with van der Waals surface area (Å²) in [4.78, 5) is 5.08. The van der Waals surface area contributed by atoms with Gasteiger partial charge in [0, 0.05) is 22.8 Å². The molecule has 1 aliphatic rings. The van der Waals surface area contributed by atoms with Gasteiger partial charge in [0.05, 0.1) is 5.52 Å². The topological polar surface area (TPSA) is 12.9 Å². The third-order valence-corrected chi connectivity index (χ3v) is 10.3. The fourth-order valence-electron chi connectivity index (χ4n) is 8.38. The Balaban J connectivity index is 1.28. The first kappa shape index (κ1) is 31.9. The Kier molecular flexibility index (Phi) is 8.52. The van der Waals surface area contributed by atoms with E-state index in [9.17, 15) is 8.63 Å². The molecule has 234 valence electrons. The summed E-state index contributed by atoms with van der Waals surface area (Å²) in [6.45, 7) is 17.2. The lowest BCUT2D eigenvalue weighted by Crippen LogP contribution is -2.34. The molecule has 46 heavy (non-hydrogen) atoms. The standard InChI is InChI=1S/C42H44BF2N/c1-25-17-28(4)40(29(5)18-25)35-9-12-37-33(22-35)15-16-42(37,24-43(44)45)32(8)21-27(3)38-13-10-34-23-36(11-14-39(34)46-38)41-30(6)19-26(2)20-31(41)7/h9-20,22-23,27,32H,21,24H2,1-8H3. The second-order valence-corrected chi connectivity index (χ2v) is 14.0. The Hall–Kier alpha value is -4.05. The van der Waals surface area contributed by atoms with Crippen molar-refractivity contribution < 1.29 is 8.63 Å². The second-order valence-electron chi connectivity index (χ2n) is 14.0. The van der Waals surface area contributed by atoms with E-state index < -0.39 is 12.7 Å². The van der Waals surface area contributed by atoms with Crippen molar-refractivity contribution >= 4 is 24.2 Å². The third kappa shape index (κ3) is 5.83. The molecule has 0 aliphatic heterocycles. The molecule has 0 spiro atoms. The van der Waals surface area contributed by atoms with Crippen LogP contribution in [-0.4, -0.2) is 12.3 Å². The Morgan fingerprint density at radius 2 is 1.26 bits per heavy atom. The fraction of sp³-hybridized carbons (Fsp3) is 0.310. The molecule has 4 heteroatoms. The minimum atomic E-state index is -2.40. The number of rotatable bonds is 8. The number of benzene rings is 4. The molecule has 0 N–H and O–H groups in total. The van der Waals surface area contributed by atoms with Crippen molar-refractivity contribution in [3.63, 3.8) is 0 Å². The van der Waals surface area contributed by atoms with Gasteiger partial charge < -0.3 is 0 Å². The highest BCUT2D eigenvalue weighted by molar-refractivity contribution is 6.43. The number of aryl methyl sites for hydroxylation is 6. The van der Waals surface area contributed by atoms with Crippen LogP contribution in [0, 0.1) is 47.5 Å². The number of pyridine rings is 1. The van der Waals surface area contributed by atoms with Gasteiger partial charge in [-0.05, 0) is 140 Å². The van der Waals surface area contributed by atoms with Crippen LogP contribution < -0.4 is 0 Å². The summed E-state index contributed by atoms with van der Waals surface area (Å²) in [6, 6.07) is 26.1. The Labute approximate surface area is 274 Å². The van der Waals surface area contributed by atoms with E-state index in [4.69, 9.17) is 4.98 Å². The van der Waals surface area contributed by atoms with E-state index in [2.05, 4.69) is 140 Å². The van der Waals surface area contributed by atoms with Gasteiger partial charge in [0.25, 0.3) is 0 Å². The molecular formula is C42H44BF2N. The van der Waals surface area contributed by atoms with Gasteiger partial charge in [0.2, 0.25) is 0 Å². The zero-order valence-corrected chi connectivity index (χ0v) is 28.4. The summed E-state index contributed by atoms with van der Waals surface area (Å²) >= 11 is 0. The van der Waals surface area contributed by atoms with Crippen LogP contribution in [0.5, 0.6) is 0 Å². The molecule has 1 nitrogen and oxygen atoms in total. The van der Waals surface area contributed by atoms with Crippen LogP contribution in [0.4, 0.5) is 8.63 Å². The van der Waals surface area contributed by atoms with E-state index in [1.807, 2.05) is 0 Å². The maximum atomic E-state index is 14.3. The highest BCUT2D eigenvalue weighted by Crippen LogP contribution is 2.49. The number of allylic oxidation sites excluding steroid dienone is 1. The van der Waals surface area contributed by atoms with Crippen molar-refractivity contribution in [2.75, 3.05) is 0 Å². The van der Waals surface area contributed by atoms with Crippen molar-refractivity contribution in [2.24, 2.45) is 5.92 Å². The third-order valence-electron chi connectivity index (χ3n) is 10.3. The molecule has 4 aromatic carbocycles. The van der Waals surface area contributed by atoms with Crippen LogP contribution in [-0.2, 0) is 5.41 Å². The summed E-state index contributed by atoms with van der Waals surface area (Å²) in [5, 5.41) is 1.11. The number of hydrogen-bond acceptors (Lipinski definition) is 1. The van der Waals surface area contributed by atoms with Crippen molar-refractivity contribution in [3.05, 3.63) is 129 Å². The lowest BCUT2D eigenvalue weighted by molar-refractivity contribution is 0.336. The summed E-state index contributed by atoms with van der Waals surface area (Å²) in [5.74, 6) is 0.111. The first-order valence-electron chi connectivity index (χ1n) is 16.6. The molecule has 0 saturated carbocycles. The lowest BCUT2D eigenvalue weighted by atomic mass is 9.60. The van der Waals surface area contributed by atoms with Gasteiger partial charge in [0.15, 0.2) is 0 Å². The smallest absolute Gasteiger partial charge is 0.287 e. The molecule has 5 aromatic rings. The molecule has 1 aromatic heterocycles. The quantitative estimate of drug-likeness (QED) is 0.159. The van der Waals surface area contributed by atoms with Gasteiger partial charge in [0.1, 0.15) is 0 Å². The molecule has 0 bridgehead atoms. The number of hydrogen-bond donors (Lipinski definition) is 0. The molecule has 0 radical (unpaired) electrons. The van der Waals surface area contributed by atoms with Crippen LogP contribution in [0.2, 0.25) is 6.32 Å². The van der Waals surface area contributed by atoms with Crippen LogP contribution >= 0.6 is 0 Å². The maximum Gasteiger partial charge on any atom is 0.539 e. The zero-order chi connectivity index (χ0) is 32.9. The highest BCUT2D eigenvalue weighted by atomic mass is 19.2. The van der Waals surface area contributed by atoms with Gasteiger partial charge >= 0.3 is 7.27 Å². The molecule has 1 aliphatic carbocycles. The molecule has 6 rings (SSSR count). The van der Waals surface area contributed by atoms with Gasteiger partial charge in [-0.15, -0.1) is 0 Å². The average molecular weight is 612 g/mol. The largest absolute Gasteiger partial charge is 0.539 e. The fourth-order valence-corrected chi connectivity index (χ4v) is 8.38. The van der Waals surface area contributed by atoms with Crippen molar-refractivity contribution in [2.45, 2.75) is 79.5 Å². The average Bonchev–Trinajstić information content (AvgIpc) is 3.34. The number of nitrogens with zero attached hydrogens (tertiary/aromatic N) is 1. The molecule has 3 unspecified atom stereocenters. The zero-order valence-electron chi connectivity index (χ0n) is 28.4. The number of halogens is 2. The minimum absolute atomic E-state index is 0.00458. The Morgan fingerprint density at radius 1 is 0.696 bits per heavy atom. The number of aromatic nitrogens is 1. The van der Waals surface area contributed by atoms with E-state index in [1.54, 1.807) is 0 Å². The van der Waals surface area contributed by atoms with Gasteiger partial charge in [-0.1, -0.05) is 85.7 Å². The molecule has 0 amide bonds. The summed E-state index contributed by atoms with van der Waals surface area (Å²) in [7, 11) is -2.40. The van der Waals surface area contributed by atoms with Crippen LogP contribution in [0.15, 0.2) is 78.9 Å². The first-order chi connectivity index (χ1) is 21.9. The molecule has 0 saturated heterocycles. The monoisotopic (exact) mass is 611 g/mol. The van der Waals surface area contributed by atoms with E-state index in [0.717, 1.165) is 39.7 Å². The predicted octanol–water partition coefficient (Wildman–Crippen LogP) is 11.9. The molecule has 3 atom stereocenters. The SMILES string of the molecule is Cc1cc(C)c(-c2ccc3c(c2)C=CC3(CB(F)F)C(C)CC(C)c2ccc3cc(-c4c(C)cc(C)cc4C)ccc3n2)c(C)c1. The van der Waals surface area contributed by atoms with E-state index >= 15 is 0 Å². The highest BCUT2D eigenvalue weighted by Gasteiger charge is 2.44. The van der Waals surface area contributed by atoms with Crippen LogP contribution in [0.1, 0.15) is 76.4 Å².